The van der Waals surface area contributed by atoms with Gasteiger partial charge in [-0.3, -0.25) is 0 Å². The molecule has 0 spiro atoms. The highest BCUT2D eigenvalue weighted by atomic mass is 16.5. The van der Waals surface area contributed by atoms with Crippen molar-refractivity contribution in [1.82, 2.24) is 5.32 Å². The van der Waals surface area contributed by atoms with Crippen molar-refractivity contribution < 1.29 is 9.47 Å². The maximum Gasteiger partial charge on any atom is 0.122 e. The second-order valence-electron chi connectivity index (χ2n) is 4.25. The minimum Gasteiger partial charge on any atom is -0.497 e. The molecule has 19 heavy (non-hydrogen) atoms. The Bertz CT molecular complexity index is 383. The number of rotatable bonds is 8. The van der Waals surface area contributed by atoms with Crippen LogP contribution in [0.1, 0.15) is 24.9 Å². The van der Waals surface area contributed by atoms with Crippen molar-refractivity contribution >= 4 is 0 Å². The fourth-order valence-corrected chi connectivity index (χ4v) is 1.88. The number of nitrogens with two attached hydrogens (primary N) is 1. The molecule has 0 aliphatic heterocycles. The second kappa shape index (κ2) is 8.56. The van der Waals surface area contributed by atoms with Gasteiger partial charge in [-0.1, -0.05) is 12.2 Å². The first-order chi connectivity index (χ1) is 9.24. The van der Waals surface area contributed by atoms with Gasteiger partial charge in [0.25, 0.3) is 0 Å². The third-order valence-electron chi connectivity index (χ3n) is 2.95. The summed E-state index contributed by atoms with van der Waals surface area (Å²) in [6.45, 7) is 3.45. The lowest BCUT2D eigenvalue weighted by Gasteiger charge is -2.18. The normalized spacial score (nSPS) is 12.6. The first-order valence-electron chi connectivity index (χ1n) is 6.52. The summed E-state index contributed by atoms with van der Waals surface area (Å²) < 4.78 is 10.6. The Morgan fingerprint density at radius 1 is 1.21 bits per heavy atom. The second-order valence-corrected chi connectivity index (χ2v) is 4.25. The van der Waals surface area contributed by atoms with Crippen LogP contribution in [0.15, 0.2) is 30.4 Å². The van der Waals surface area contributed by atoms with E-state index in [2.05, 4.69) is 11.4 Å². The Morgan fingerprint density at radius 3 is 2.32 bits per heavy atom. The molecule has 4 nitrogen and oxygen atoms in total. The summed E-state index contributed by atoms with van der Waals surface area (Å²) >= 11 is 0. The Labute approximate surface area is 115 Å². The van der Waals surface area contributed by atoms with E-state index in [0.29, 0.717) is 6.54 Å². The van der Waals surface area contributed by atoms with Gasteiger partial charge in [-0.15, -0.1) is 0 Å². The van der Waals surface area contributed by atoms with E-state index in [1.807, 2.05) is 31.2 Å². The van der Waals surface area contributed by atoms with Gasteiger partial charge in [0.15, 0.2) is 0 Å². The number of ether oxygens (including phenoxy) is 2. The molecule has 0 fully saturated rings. The van der Waals surface area contributed by atoms with Crippen LogP contribution in [-0.4, -0.2) is 27.3 Å². The predicted octanol–water partition coefficient (Wildman–Crippen LogP) is 2.26. The minimum absolute atomic E-state index is 0.106. The number of allylic oxidation sites excluding steroid dienone is 1. The van der Waals surface area contributed by atoms with Gasteiger partial charge in [0.05, 0.1) is 14.2 Å². The van der Waals surface area contributed by atoms with E-state index < -0.39 is 0 Å². The molecule has 4 heteroatoms. The summed E-state index contributed by atoms with van der Waals surface area (Å²) in [7, 11) is 3.30. The van der Waals surface area contributed by atoms with Crippen LogP contribution in [-0.2, 0) is 0 Å². The molecule has 1 unspecified atom stereocenters. The molecule has 0 aliphatic rings. The zero-order valence-electron chi connectivity index (χ0n) is 12.0. The molecular formula is C15H24N2O2. The van der Waals surface area contributed by atoms with Gasteiger partial charge in [-0.25, -0.2) is 0 Å². The highest BCUT2D eigenvalue weighted by Crippen LogP contribution is 2.26. The number of nitrogens with one attached hydrogen (secondary N) is 1. The Balaban J connectivity index is 2.78. The van der Waals surface area contributed by atoms with Gasteiger partial charge in [-0.2, -0.15) is 0 Å². The average molecular weight is 264 g/mol. The van der Waals surface area contributed by atoms with Crippen LogP contribution < -0.4 is 20.5 Å². The zero-order chi connectivity index (χ0) is 14.1. The maximum absolute atomic E-state index is 5.84. The van der Waals surface area contributed by atoms with Crippen LogP contribution in [0.25, 0.3) is 0 Å². The van der Waals surface area contributed by atoms with E-state index in [-0.39, 0.29) is 6.04 Å². The topological polar surface area (TPSA) is 56.5 Å². The van der Waals surface area contributed by atoms with E-state index in [1.165, 1.54) is 0 Å². The fraction of sp³-hybridized carbons (Fsp3) is 0.467. The lowest BCUT2D eigenvalue weighted by molar-refractivity contribution is 0.391. The van der Waals surface area contributed by atoms with Crippen molar-refractivity contribution in [3.05, 3.63) is 35.9 Å². The standard InChI is InChI=1S/C15H24N2O2/c1-4-5-6-7-17-15(11-16)12-8-13(18-2)10-14(9-12)19-3/h4-5,8-10,15,17H,6-7,11,16H2,1-3H3/b5-4+. The Hall–Kier alpha value is -1.52. The van der Waals surface area contributed by atoms with Crippen LogP contribution in [0.5, 0.6) is 11.5 Å². The molecule has 106 valence electrons. The molecule has 1 aromatic rings. The molecule has 1 atom stereocenters. The van der Waals surface area contributed by atoms with Crippen LogP contribution >= 0.6 is 0 Å². The van der Waals surface area contributed by atoms with Crippen molar-refractivity contribution in [3.8, 4) is 11.5 Å². The molecule has 0 bridgehead atoms. The summed E-state index contributed by atoms with van der Waals surface area (Å²) in [6, 6.07) is 5.94. The van der Waals surface area contributed by atoms with Crippen LogP contribution in [0.4, 0.5) is 0 Å². The summed E-state index contributed by atoms with van der Waals surface area (Å²) in [5, 5.41) is 3.44. The third-order valence-corrected chi connectivity index (χ3v) is 2.95. The highest BCUT2D eigenvalue weighted by molar-refractivity contribution is 5.40. The van der Waals surface area contributed by atoms with Crippen molar-refractivity contribution in [1.29, 1.82) is 0 Å². The minimum atomic E-state index is 0.106. The van der Waals surface area contributed by atoms with Crippen LogP contribution in [0.3, 0.4) is 0 Å². The average Bonchev–Trinajstić information content (AvgIpc) is 2.46. The van der Waals surface area contributed by atoms with Gasteiger partial charge in [0, 0.05) is 18.7 Å². The summed E-state index contributed by atoms with van der Waals surface area (Å²) in [6.07, 6.45) is 5.18. The molecule has 0 aromatic heterocycles. The summed E-state index contributed by atoms with van der Waals surface area (Å²) in [5.74, 6) is 1.56. The van der Waals surface area contributed by atoms with E-state index in [4.69, 9.17) is 15.2 Å². The Morgan fingerprint density at radius 2 is 1.84 bits per heavy atom. The fourth-order valence-electron chi connectivity index (χ4n) is 1.88. The molecule has 0 aliphatic carbocycles. The largest absolute Gasteiger partial charge is 0.497 e. The smallest absolute Gasteiger partial charge is 0.122 e. The maximum atomic E-state index is 5.84. The van der Waals surface area contributed by atoms with E-state index in [0.717, 1.165) is 30.0 Å². The van der Waals surface area contributed by atoms with E-state index in [9.17, 15) is 0 Å². The van der Waals surface area contributed by atoms with Gasteiger partial charge in [-0.05, 0) is 37.6 Å². The van der Waals surface area contributed by atoms with Crippen molar-refractivity contribution in [3.63, 3.8) is 0 Å². The van der Waals surface area contributed by atoms with Crippen LogP contribution in [0, 0.1) is 0 Å². The van der Waals surface area contributed by atoms with Gasteiger partial charge in [0.2, 0.25) is 0 Å². The lowest BCUT2D eigenvalue weighted by Crippen LogP contribution is -2.28. The molecule has 0 radical (unpaired) electrons. The van der Waals surface area contributed by atoms with Gasteiger partial charge < -0.3 is 20.5 Å². The lowest BCUT2D eigenvalue weighted by atomic mass is 10.1. The Kier molecular flexibility index (Phi) is 7.00. The number of methoxy groups -OCH3 is 2. The molecule has 3 N–H and O–H groups in total. The molecule has 0 amide bonds. The molecule has 1 aromatic carbocycles. The summed E-state index contributed by atoms with van der Waals surface area (Å²) in [5.41, 5.74) is 6.92. The number of hydrogen-bond donors (Lipinski definition) is 2. The van der Waals surface area contributed by atoms with E-state index in [1.54, 1.807) is 14.2 Å². The zero-order valence-corrected chi connectivity index (χ0v) is 12.0. The molecule has 0 heterocycles. The van der Waals surface area contributed by atoms with Crippen molar-refractivity contribution in [2.45, 2.75) is 19.4 Å². The monoisotopic (exact) mass is 264 g/mol. The first kappa shape index (κ1) is 15.5. The quantitative estimate of drug-likeness (QED) is 0.558. The summed E-state index contributed by atoms with van der Waals surface area (Å²) in [4.78, 5) is 0. The van der Waals surface area contributed by atoms with Gasteiger partial charge >= 0.3 is 0 Å². The molecular weight excluding hydrogens is 240 g/mol. The number of hydrogen-bond acceptors (Lipinski definition) is 4. The molecule has 1 rings (SSSR count). The van der Waals surface area contributed by atoms with Crippen molar-refractivity contribution in [2.75, 3.05) is 27.3 Å². The van der Waals surface area contributed by atoms with Crippen molar-refractivity contribution in [2.24, 2.45) is 5.73 Å². The third kappa shape index (κ3) is 4.93. The number of benzene rings is 1. The van der Waals surface area contributed by atoms with Crippen LogP contribution in [0.2, 0.25) is 0 Å². The SMILES string of the molecule is C/C=C/CCNC(CN)c1cc(OC)cc(OC)c1. The predicted molar refractivity (Wildman–Crippen MR) is 78.8 cm³/mol. The van der Waals surface area contributed by atoms with E-state index >= 15 is 0 Å². The van der Waals surface area contributed by atoms with Gasteiger partial charge in [0.1, 0.15) is 11.5 Å². The molecule has 0 saturated carbocycles. The first-order valence-corrected chi connectivity index (χ1v) is 6.52. The highest BCUT2D eigenvalue weighted by Gasteiger charge is 2.11. The molecule has 0 saturated heterocycles.